The molecule has 25 heavy (non-hydrogen) atoms. The van der Waals surface area contributed by atoms with Crippen molar-refractivity contribution in [1.29, 1.82) is 5.26 Å². The first kappa shape index (κ1) is 17.6. The van der Waals surface area contributed by atoms with Gasteiger partial charge < -0.3 is 9.47 Å². The molecule has 1 unspecified atom stereocenters. The Balaban J connectivity index is 1.69. The van der Waals surface area contributed by atoms with Gasteiger partial charge in [0.2, 0.25) is 0 Å². The Morgan fingerprint density at radius 1 is 0.920 bits per heavy atom. The fraction of sp³-hybridized carbons (Fsp3) is 0.381. The molecule has 3 rings (SSSR count). The van der Waals surface area contributed by atoms with E-state index < -0.39 is 0 Å². The van der Waals surface area contributed by atoms with Crippen molar-refractivity contribution in [2.45, 2.75) is 38.3 Å². The zero-order chi connectivity index (χ0) is 17.3. The third-order valence-corrected chi connectivity index (χ3v) is 4.41. The van der Waals surface area contributed by atoms with E-state index in [4.69, 9.17) is 9.47 Å². The van der Waals surface area contributed by atoms with E-state index in [1.807, 2.05) is 36.4 Å². The molecule has 0 bridgehead atoms. The van der Waals surface area contributed by atoms with Crippen molar-refractivity contribution in [1.82, 2.24) is 4.90 Å². The minimum absolute atomic E-state index is 0.161. The molecule has 1 aliphatic heterocycles. The molecule has 2 aromatic carbocycles. The predicted octanol–water partition coefficient (Wildman–Crippen LogP) is 3.73. The quantitative estimate of drug-likeness (QED) is 0.737. The molecule has 1 saturated heterocycles. The largest absolute Gasteiger partial charge is 0.350 e. The van der Waals surface area contributed by atoms with Crippen molar-refractivity contribution in [2.24, 2.45) is 0 Å². The van der Waals surface area contributed by atoms with Crippen LogP contribution in [-0.2, 0) is 22.6 Å². The van der Waals surface area contributed by atoms with Crippen LogP contribution in [-0.4, -0.2) is 30.4 Å². The third-order valence-electron chi connectivity index (χ3n) is 4.41. The van der Waals surface area contributed by atoms with Gasteiger partial charge in [-0.05, 0) is 17.5 Å². The lowest BCUT2D eigenvalue weighted by Gasteiger charge is -2.28. The summed E-state index contributed by atoms with van der Waals surface area (Å²) in [5.74, 6) is 0. The van der Waals surface area contributed by atoms with E-state index in [0.717, 1.165) is 25.9 Å². The molecular formula is C21H24N2O2. The second-order valence-electron chi connectivity index (χ2n) is 6.27. The summed E-state index contributed by atoms with van der Waals surface area (Å²) in [6.45, 7) is 2.81. The SMILES string of the molecule is N#CC(CCC1OCCO1)N(Cc1ccccc1)Cc1ccccc1. The van der Waals surface area contributed by atoms with Gasteiger partial charge in [0, 0.05) is 19.5 Å². The lowest BCUT2D eigenvalue weighted by molar-refractivity contribution is -0.0506. The Bertz CT molecular complexity index is 622. The van der Waals surface area contributed by atoms with Crippen molar-refractivity contribution in [2.75, 3.05) is 13.2 Å². The number of nitriles is 1. The molecule has 1 fully saturated rings. The molecule has 4 nitrogen and oxygen atoms in total. The van der Waals surface area contributed by atoms with Gasteiger partial charge in [0.25, 0.3) is 0 Å². The topological polar surface area (TPSA) is 45.5 Å². The average molecular weight is 336 g/mol. The van der Waals surface area contributed by atoms with Crippen LogP contribution in [0.15, 0.2) is 60.7 Å². The van der Waals surface area contributed by atoms with Gasteiger partial charge >= 0.3 is 0 Å². The summed E-state index contributed by atoms with van der Waals surface area (Å²) in [6, 6.07) is 22.9. The van der Waals surface area contributed by atoms with Gasteiger partial charge in [-0.1, -0.05) is 60.7 Å². The highest BCUT2D eigenvalue weighted by Crippen LogP contribution is 2.19. The van der Waals surface area contributed by atoms with Crippen molar-refractivity contribution < 1.29 is 9.47 Å². The van der Waals surface area contributed by atoms with Gasteiger partial charge in [-0.25, -0.2) is 0 Å². The highest BCUT2D eigenvalue weighted by atomic mass is 16.7. The number of benzene rings is 2. The Labute approximate surface area is 149 Å². The van der Waals surface area contributed by atoms with Crippen molar-refractivity contribution in [3.05, 3.63) is 71.8 Å². The van der Waals surface area contributed by atoms with Gasteiger partial charge in [0.05, 0.1) is 25.3 Å². The Morgan fingerprint density at radius 3 is 1.92 bits per heavy atom. The van der Waals surface area contributed by atoms with E-state index in [2.05, 4.69) is 35.2 Å². The highest BCUT2D eigenvalue weighted by molar-refractivity contribution is 5.18. The summed E-state index contributed by atoms with van der Waals surface area (Å²) in [5, 5.41) is 9.75. The van der Waals surface area contributed by atoms with E-state index in [-0.39, 0.29) is 12.3 Å². The molecule has 130 valence electrons. The van der Waals surface area contributed by atoms with E-state index in [0.29, 0.717) is 13.2 Å². The molecule has 0 saturated carbocycles. The number of hydrogen-bond donors (Lipinski definition) is 0. The lowest BCUT2D eigenvalue weighted by Crippen LogP contribution is -2.34. The maximum absolute atomic E-state index is 9.75. The maximum Gasteiger partial charge on any atom is 0.157 e. The van der Waals surface area contributed by atoms with Crippen LogP contribution in [0.3, 0.4) is 0 Å². The molecule has 1 atom stereocenters. The van der Waals surface area contributed by atoms with Crippen LogP contribution in [0.2, 0.25) is 0 Å². The summed E-state index contributed by atoms with van der Waals surface area (Å²) in [5.41, 5.74) is 2.43. The smallest absolute Gasteiger partial charge is 0.157 e. The van der Waals surface area contributed by atoms with Crippen LogP contribution in [0.1, 0.15) is 24.0 Å². The van der Waals surface area contributed by atoms with Crippen molar-refractivity contribution >= 4 is 0 Å². The minimum Gasteiger partial charge on any atom is -0.350 e. The number of nitrogens with zero attached hydrogens (tertiary/aromatic N) is 2. The normalized spacial score (nSPS) is 16.0. The minimum atomic E-state index is -0.173. The first-order chi connectivity index (χ1) is 12.3. The van der Waals surface area contributed by atoms with E-state index in [9.17, 15) is 5.26 Å². The van der Waals surface area contributed by atoms with Crippen LogP contribution in [0, 0.1) is 11.3 Å². The fourth-order valence-corrected chi connectivity index (χ4v) is 3.11. The molecule has 1 aliphatic rings. The molecule has 0 aromatic heterocycles. The van der Waals surface area contributed by atoms with E-state index in [1.54, 1.807) is 0 Å². The fourth-order valence-electron chi connectivity index (χ4n) is 3.11. The second-order valence-corrected chi connectivity index (χ2v) is 6.27. The summed E-state index contributed by atoms with van der Waals surface area (Å²) in [6.07, 6.45) is 1.32. The van der Waals surface area contributed by atoms with Gasteiger partial charge in [0.1, 0.15) is 0 Å². The molecule has 2 aromatic rings. The number of rotatable bonds is 8. The van der Waals surface area contributed by atoms with Crippen LogP contribution in [0.4, 0.5) is 0 Å². The molecule has 0 amide bonds. The predicted molar refractivity (Wildman–Crippen MR) is 96.5 cm³/mol. The average Bonchev–Trinajstić information content (AvgIpc) is 3.17. The second kappa shape index (κ2) is 9.33. The molecular weight excluding hydrogens is 312 g/mol. The van der Waals surface area contributed by atoms with Gasteiger partial charge in [-0.2, -0.15) is 5.26 Å². The molecule has 0 radical (unpaired) electrons. The zero-order valence-corrected chi connectivity index (χ0v) is 14.4. The van der Waals surface area contributed by atoms with Gasteiger partial charge in [-0.3, -0.25) is 4.90 Å². The van der Waals surface area contributed by atoms with Crippen LogP contribution >= 0.6 is 0 Å². The monoisotopic (exact) mass is 336 g/mol. The number of hydrogen-bond acceptors (Lipinski definition) is 4. The highest BCUT2D eigenvalue weighted by Gasteiger charge is 2.23. The molecule has 0 N–H and O–H groups in total. The van der Waals surface area contributed by atoms with Gasteiger partial charge in [0.15, 0.2) is 6.29 Å². The van der Waals surface area contributed by atoms with Crippen LogP contribution in [0.25, 0.3) is 0 Å². The summed E-state index contributed by atoms with van der Waals surface area (Å²) in [7, 11) is 0. The summed E-state index contributed by atoms with van der Waals surface area (Å²) >= 11 is 0. The van der Waals surface area contributed by atoms with Crippen molar-refractivity contribution in [3.63, 3.8) is 0 Å². The van der Waals surface area contributed by atoms with Crippen LogP contribution in [0.5, 0.6) is 0 Å². The Morgan fingerprint density at radius 2 is 1.44 bits per heavy atom. The van der Waals surface area contributed by atoms with Crippen LogP contribution < -0.4 is 0 Å². The van der Waals surface area contributed by atoms with Gasteiger partial charge in [-0.15, -0.1) is 0 Å². The molecule has 0 spiro atoms. The Kier molecular flexibility index (Phi) is 6.58. The summed E-state index contributed by atoms with van der Waals surface area (Å²) in [4.78, 5) is 2.24. The first-order valence-electron chi connectivity index (χ1n) is 8.80. The molecule has 0 aliphatic carbocycles. The van der Waals surface area contributed by atoms with E-state index in [1.165, 1.54) is 11.1 Å². The standard InChI is InChI=1S/C21H24N2O2/c22-15-20(11-12-21-24-13-14-25-21)23(16-18-7-3-1-4-8-18)17-19-9-5-2-6-10-19/h1-10,20-21H,11-14,16-17H2. The molecule has 1 heterocycles. The summed E-state index contributed by atoms with van der Waals surface area (Å²) < 4.78 is 11.0. The molecule has 4 heteroatoms. The third kappa shape index (κ3) is 5.40. The Hall–Kier alpha value is -2.19. The first-order valence-corrected chi connectivity index (χ1v) is 8.80. The maximum atomic E-state index is 9.75. The van der Waals surface area contributed by atoms with E-state index >= 15 is 0 Å². The lowest BCUT2D eigenvalue weighted by atomic mass is 10.1. The number of ether oxygens (including phenoxy) is 2. The van der Waals surface area contributed by atoms with Crippen molar-refractivity contribution in [3.8, 4) is 6.07 Å². The zero-order valence-electron chi connectivity index (χ0n) is 14.4.